The van der Waals surface area contributed by atoms with Crippen LogP contribution in [0.15, 0.2) is 12.3 Å². The molecule has 0 atom stereocenters. The zero-order valence-electron chi connectivity index (χ0n) is 9.23. The normalized spacial score (nSPS) is 16.8. The Balaban J connectivity index is 2.23. The Labute approximate surface area is 94.1 Å². The van der Waals surface area contributed by atoms with Crippen LogP contribution in [0.1, 0.15) is 35.3 Å². The minimum atomic E-state index is -0.893. The minimum absolute atomic E-state index is 0.0322. The highest BCUT2D eigenvalue weighted by Crippen LogP contribution is 2.50. The minimum Gasteiger partial charge on any atom is -0.477 e. The molecular formula is C12H14N2O2. The number of carboxylic acids is 1. The van der Waals surface area contributed by atoms with Gasteiger partial charge in [-0.15, -0.1) is 0 Å². The summed E-state index contributed by atoms with van der Waals surface area (Å²) in [7, 11) is 0. The van der Waals surface area contributed by atoms with Crippen LogP contribution in [0.25, 0.3) is 0 Å². The lowest BCUT2D eigenvalue weighted by Gasteiger charge is -2.14. The standard InChI is InChI=1S/C12H14N2O2/c1-9-2-7-14(10(9)11(15)16)8-12(3-4-12)5-6-13/h2,7H,3-5,8H2,1H3,(H,15,16). The van der Waals surface area contributed by atoms with E-state index in [4.69, 9.17) is 10.4 Å². The summed E-state index contributed by atoms with van der Waals surface area (Å²) in [4.78, 5) is 11.1. The molecule has 84 valence electrons. The first-order chi connectivity index (χ1) is 7.58. The molecule has 0 aromatic carbocycles. The average Bonchev–Trinajstić information content (AvgIpc) is 2.84. The first kappa shape index (κ1) is 10.7. The quantitative estimate of drug-likeness (QED) is 0.842. The summed E-state index contributed by atoms with van der Waals surface area (Å²) in [5.41, 5.74) is 1.16. The molecule has 1 fully saturated rings. The Morgan fingerprint density at radius 1 is 1.69 bits per heavy atom. The second-order valence-electron chi connectivity index (χ2n) is 4.62. The van der Waals surface area contributed by atoms with Crippen molar-refractivity contribution in [2.75, 3.05) is 0 Å². The number of aryl methyl sites for hydroxylation is 1. The van der Waals surface area contributed by atoms with Gasteiger partial charge in [0.1, 0.15) is 5.69 Å². The molecule has 16 heavy (non-hydrogen) atoms. The van der Waals surface area contributed by atoms with E-state index in [2.05, 4.69) is 6.07 Å². The SMILES string of the molecule is Cc1ccn(CC2(CC#N)CC2)c1C(=O)O. The van der Waals surface area contributed by atoms with Crippen LogP contribution in [0.2, 0.25) is 0 Å². The van der Waals surface area contributed by atoms with Crippen LogP contribution in [0.5, 0.6) is 0 Å². The monoisotopic (exact) mass is 218 g/mol. The largest absolute Gasteiger partial charge is 0.477 e. The molecule has 1 aliphatic carbocycles. The Kier molecular flexibility index (Phi) is 2.47. The lowest BCUT2D eigenvalue weighted by atomic mass is 10.0. The van der Waals surface area contributed by atoms with Crippen molar-refractivity contribution in [3.8, 4) is 6.07 Å². The first-order valence-electron chi connectivity index (χ1n) is 5.34. The number of hydrogen-bond donors (Lipinski definition) is 1. The molecule has 0 unspecified atom stereocenters. The summed E-state index contributed by atoms with van der Waals surface area (Å²) in [5.74, 6) is -0.893. The zero-order valence-corrected chi connectivity index (χ0v) is 9.23. The van der Waals surface area contributed by atoms with E-state index in [1.807, 2.05) is 6.07 Å². The van der Waals surface area contributed by atoms with Gasteiger partial charge in [-0.05, 0) is 31.4 Å². The molecule has 1 aromatic rings. The Hall–Kier alpha value is -1.76. The van der Waals surface area contributed by atoms with Crippen LogP contribution in [-0.4, -0.2) is 15.6 Å². The van der Waals surface area contributed by atoms with Gasteiger partial charge in [0, 0.05) is 24.6 Å². The van der Waals surface area contributed by atoms with Gasteiger partial charge < -0.3 is 9.67 Å². The van der Waals surface area contributed by atoms with Crippen molar-refractivity contribution < 1.29 is 9.90 Å². The topological polar surface area (TPSA) is 66.0 Å². The maximum absolute atomic E-state index is 11.1. The third kappa shape index (κ3) is 1.81. The van der Waals surface area contributed by atoms with E-state index in [0.29, 0.717) is 18.7 Å². The highest BCUT2D eigenvalue weighted by Gasteiger charge is 2.43. The maximum Gasteiger partial charge on any atom is 0.352 e. The van der Waals surface area contributed by atoms with Crippen molar-refractivity contribution in [3.63, 3.8) is 0 Å². The van der Waals surface area contributed by atoms with Crippen molar-refractivity contribution in [1.29, 1.82) is 5.26 Å². The number of rotatable bonds is 4. The summed E-state index contributed by atoms with van der Waals surface area (Å²) >= 11 is 0. The van der Waals surface area contributed by atoms with Gasteiger partial charge in [-0.1, -0.05) is 0 Å². The molecule has 0 aliphatic heterocycles. The zero-order chi connectivity index (χ0) is 11.8. The molecule has 0 spiro atoms. The third-order valence-electron chi connectivity index (χ3n) is 3.28. The fourth-order valence-corrected chi connectivity index (χ4v) is 2.10. The van der Waals surface area contributed by atoms with Gasteiger partial charge in [0.25, 0.3) is 0 Å². The number of aromatic carboxylic acids is 1. The Bertz CT molecular complexity index is 464. The highest BCUT2D eigenvalue weighted by atomic mass is 16.4. The number of hydrogen-bond acceptors (Lipinski definition) is 2. The van der Waals surface area contributed by atoms with Gasteiger partial charge in [-0.2, -0.15) is 5.26 Å². The van der Waals surface area contributed by atoms with Crippen LogP contribution in [0, 0.1) is 23.7 Å². The summed E-state index contributed by atoms with van der Waals surface area (Å²) in [6, 6.07) is 4.00. The molecule has 4 heteroatoms. The molecule has 1 aliphatic rings. The summed E-state index contributed by atoms with van der Waals surface area (Å²) in [6.45, 7) is 2.44. The van der Waals surface area contributed by atoms with Crippen molar-refractivity contribution in [2.24, 2.45) is 5.41 Å². The lowest BCUT2D eigenvalue weighted by Crippen LogP contribution is -2.16. The van der Waals surface area contributed by atoms with E-state index < -0.39 is 5.97 Å². The van der Waals surface area contributed by atoms with Crippen molar-refractivity contribution in [3.05, 3.63) is 23.5 Å². The van der Waals surface area contributed by atoms with Crippen molar-refractivity contribution in [2.45, 2.75) is 32.7 Å². The fraction of sp³-hybridized carbons (Fsp3) is 0.500. The van der Waals surface area contributed by atoms with Gasteiger partial charge in [0.05, 0.1) is 6.07 Å². The molecule has 1 heterocycles. The predicted octanol–water partition coefficient (Wildman–Crippen LogP) is 2.19. The lowest BCUT2D eigenvalue weighted by molar-refractivity contribution is 0.0683. The molecule has 1 aromatic heterocycles. The summed E-state index contributed by atoms with van der Waals surface area (Å²) in [6.07, 6.45) is 4.37. The van der Waals surface area contributed by atoms with Gasteiger partial charge in [0.15, 0.2) is 0 Å². The van der Waals surface area contributed by atoms with Gasteiger partial charge in [-0.3, -0.25) is 0 Å². The second kappa shape index (κ2) is 3.67. The van der Waals surface area contributed by atoms with E-state index in [1.165, 1.54) is 0 Å². The van der Waals surface area contributed by atoms with Crippen molar-refractivity contribution in [1.82, 2.24) is 4.57 Å². The Morgan fingerprint density at radius 2 is 2.38 bits per heavy atom. The third-order valence-corrected chi connectivity index (χ3v) is 3.28. The number of carboxylic acid groups (broad SMARTS) is 1. The van der Waals surface area contributed by atoms with Crippen molar-refractivity contribution >= 4 is 5.97 Å². The second-order valence-corrected chi connectivity index (χ2v) is 4.62. The summed E-state index contributed by atoms with van der Waals surface area (Å²) < 4.78 is 1.77. The van der Waals surface area contributed by atoms with Crippen LogP contribution >= 0.6 is 0 Å². The first-order valence-corrected chi connectivity index (χ1v) is 5.34. The molecule has 0 amide bonds. The smallest absolute Gasteiger partial charge is 0.352 e. The average molecular weight is 218 g/mol. The van der Waals surface area contributed by atoms with E-state index >= 15 is 0 Å². The molecule has 2 rings (SSSR count). The Morgan fingerprint density at radius 3 is 2.88 bits per heavy atom. The van der Waals surface area contributed by atoms with Crippen LogP contribution < -0.4 is 0 Å². The molecule has 1 N–H and O–H groups in total. The molecule has 0 bridgehead atoms. The van der Waals surface area contributed by atoms with Crippen LogP contribution in [-0.2, 0) is 6.54 Å². The van der Waals surface area contributed by atoms with Gasteiger partial charge in [-0.25, -0.2) is 4.79 Å². The van der Waals surface area contributed by atoms with Gasteiger partial charge >= 0.3 is 5.97 Å². The van der Waals surface area contributed by atoms with Crippen LogP contribution in [0.3, 0.4) is 0 Å². The van der Waals surface area contributed by atoms with E-state index in [9.17, 15) is 4.79 Å². The van der Waals surface area contributed by atoms with Crippen LogP contribution in [0.4, 0.5) is 0 Å². The highest BCUT2D eigenvalue weighted by molar-refractivity contribution is 5.87. The molecule has 1 saturated carbocycles. The van der Waals surface area contributed by atoms with E-state index in [1.54, 1.807) is 17.7 Å². The van der Waals surface area contributed by atoms with E-state index in [0.717, 1.165) is 18.4 Å². The van der Waals surface area contributed by atoms with E-state index in [-0.39, 0.29) is 5.41 Å². The molecule has 4 nitrogen and oxygen atoms in total. The maximum atomic E-state index is 11.1. The number of aromatic nitrogens is 1. The molecule has 0 radical (unpaired) electrons. The fourth-order valence-electron chi connectivity index (χ4n) is 2.10. The predicted molar refractivity (Wildman–Crippen MR) is 58.0 cm³/mol. The molecule has 0 saturated heterocycles. The number of nitrogens with zero attached hydrogens (tertiary/aromatic N) is 2. The summed E-state index contributed by atoms with van der Waals surface area (Å²) in [5, 5.41) is 17.8. The number of nitriles is 1. The van der Waals surface area contributed by atoms with Gasteiger partial charge in [0.2, 0.25) is 0 Å². The number of carbonyl (C=O) groups is 1. The molecular weight excluding hydrogens is 204 g/mol.